The highest BCUT2D eigenvalue weighted by Gasteiger charge is 2.51. The van der Waals surface area contributed by atoms with Crippen LogP contribution in [0.15, 0.2) is 11.6 Å². The highest BCUT2D eigenvalue weighted by atomic mass is 16.6. The van der Waals surface area contributed by atoms with Gasteiger partial charge in [-0.3, -0.25) is 14.5 Å². The first-order chi connectivity index (χ1) is 7.33. The summed E-state index contributed by atoms with van der Waals surface area (Å²) in [6.07, 6.45) is 1.54. The molecular weight excluding hydrogens is 206 g/mol. The minimum atomic E-state index is -0.201. The molecular formula is C12H17NO3. The second kappa shape index (κ2) is 3.42. The molecule has 2 heterocycles. The molecule has 0 aromatic carbocycles. The van der Waals surface area contributed by atoms with Crippen LogP contribution in [0.3, 0.4) is 0 Å². The summed E-state index contributed by atoms with van der Waals surface area (Å²) in [4.78, 5) is 24.5. The van der Waals surface area contributed by atoms with Crippen LogP contribution in [-0.2, 0) is 14.3 Å². The Morgan fingerprint density at radius 1 is 1.50 bits per heavy atom. The number of ether oxygens (including phenoxy) is 1. The fraction of sp³-hybridized carbons (Fsp3) is 0.667. The molecule has 0 radical (unpaired) electrons. The molecule has 1 saturated heterocycles. The number of imide groups is 1. The molecule has 0 spiro atoms. The maximum Gasteiger partial charge on any atom is 0.256 e. The number of hydrogen-bond acceptors (Lipinski definition) is 3. The van der Waals surface area contributed by atoms with Gasteiger partial charge in [0.1, 0.15) is 0 Å². The topological polar surface area (TPSA) is 49.9 Å². The zero-order valence-electron chi connectivity index (χ0n) is 10.1. The maximum atomic E-state index is 11.7. The van der Waals surface area contributed by atoms with Crippen LogP contribution in [0.5, 0.6) is 0 Å². The molecule has 0 N–H and O–H groups in total. The van der Waals surface area contributed by atoms with Crippen molar-refractivity contribution in [1.29, 1.82) is 0 Å². The molecule has 0 aromatic heterocycles. The lowest BCUT2D eigenvalue weighted by molar-refractivity contribution is -0.137. The molecule has 2 rings (SSSR count). The highest BCUT2D eigenvalue weighted by molar-refractivity contribution is 6.15. The van der Waals surface area contributed by atoms with E-state index in [1.54, 1.807) is 6.92 Å². The molecule has 0 aromatic rings. The Morgan fingerprint density at radius 2 is 2.06 bits per heavy atom. The Hall–Kier alpha value is -1.16. The molecule has 0 aliphatic carbocycles. The van der Waals surface area contributed by atoms with Crippen molar-refractivity contribution >= 4 is 11.8 Å². The smallest absolute Gasteiger partial charge is 0.256 e. The van der Waals surface area contributed by atoms with Crippen LogP contribution in [0.4, 0.5) is 0 Å². The van der Waals surface area contributed by atoms with Gasteiger partial charge in [-0.15, -0.1) is 0 Å². The average molecular weight is 223 g/mol. The molecule has 2 aliphatic rings. The van der Waals surface area contributed by atoms with E-state index in [-0.39, 0.29) is 29.4 Å². The Morgan fingerprint density at radius 3 is 2.44 bits per heavy atom. The maximum absolute atomic E-state index is 11.7. The van der Waals surface area contributed by atoms with Gasteiger partial charge < -0.3 is 4.74 Å². The lowest BCUT2D eigenvalue weighted by atomic mass is 9.98. The van der Waals surface area contributed by atoms with Gasteiger partial charge in [0.05, 0.1) is 11.7 Å². The molecule has 2 unspecified atom stereocenters. The fourth-order valence-corrected chi connectivity index (χ4v) is 2.29. The zero-order chi connectivity index (χ0) is 12.1. The summed E-state index contributed by atoms with van der Waals surface area (Å²) in [6.45, 7) is 8.16. The van der Waals surface area contributed by atoms with Crippen LogP contribution < -0.4 is 0 Å². The van der Waals surface area contributed by atoms with Gasteiger partial charge in [0, 0.05) is 24.1 Å². The molecule has 4 heteroatoms. The Balaban J connectivity index is 1.97. The average Bonchev–Trinajstić information content (AvgIpc) is 2.75. The van der Waals surface area contributed by atoms with Crippen molar-refractivity contribution in [1.82, 2.24) is 4.90 Å². The van der Waals surface area contributed by atoms with Gasteiger partial charge in [0.15, 0.2) is 0 Å². The minimum Gasteiger partial charge on any atom is -0.366 e. The largest absolute Gasteiger partial charge is 0.366 e. The number of rotatable bonds is 3. The van der Waals surface area contributed by atoms with Crippen molar-refractivity contribution in [3.63, 3.8) is 0 Å². The van der Waals surface area contributed by atoms with E-state index in [9.17, 15) is 9.59 Å². The molecule has 88 valence electrons. The van der Waals surface area contributed by atoms with Crippen molar-refractivity contribution in [3.8, 4) is 0 Å². The normalized spacial score (nSPS) is 29.4. The summed E-state index contributed by atoms with van der Waals surface area (Å²) in [5.74, 6) is -0.190. The lowest BCUT2D eigenvalue weighted by Crippen LogP contribution is -2.36. The summed E-state index contributed by atoms with van der Waals surface area (Å²) < 4.78 is 5.51. The van der Waals surface area contributed by atoms with Crippen molar-refractivity contribution in [2.24, 2.45) is 5.92 Å². The third kappa shape index (κ3) is 1.78. The molecule has 4 nitrogen and oxygen atoms in total. The van der Waals surface area contributed by atoms with E-state index in [1.165, 1.54) is 11.0 Å². The number of carbonyl (C=O) groups excluding carboxylic acids is 2. The fourth-order valence-electron chi connectivity index (χ4n) is 2.29. The van der Waals surface area contributed by atoms with Crippen LogP contribution >= 0.6 is 0 Å². The first kappa shape index (κ1) is 11.3. The second-order valence-corrected chi connectivity index (χ2v) is 5.20. The van der Waals surface area contributed by atoms with Gasteiger partial charge in [0.2, 0.25) is 0 Å². The van der Waals surface area contributed by atoms with Crippen molar-refractivity contribution in [2.45, 2.75) is 39.4 Å². The van der Waals surface area contributed by atoms with Gasteiger partial charge in [-0.05, 0) is 20.8 Å². The Bertz CT molecular complexity index is 384. The second-order valence-electron chi connectivity index (χ2n) is 5.20. The summed E-state index contributed by atoms with van der Waals surface area (Å²) >= 11 is 0. The SMILES string of the molecule is CC1=CC(=O)N(CC(C)C2OC2(C)C)C1=O. The van der Waals surface area contributed by atoms with E-state index in [0.717, 1.165) is 0 Å². The lowest BCUT2D eigenvalue weighted by Gasteiger charge is -2.18. The van der Waals surface area contributed by atoms with Gasteiger partial charge in [-0.2, -0.15) is 0 Å². The number of carbonyl (C=O) groups is 2. The Labute approximate surface area is 95.2 Å². The van der Waals surface area contributed by atoms with Gasteiger partial charge in [-0.1, -0.05) is 6.92 Å². The standard InChI is InChI=1S/C12H17NO3/c1-7-5-9(14)13(11(7)15)6-8(2)10-12(3,4)16-10/h5,8,10H,6H2,1-4H3. The predicted octanol–water partition coefficient (Wildman–Crippen LogP) is 1.11. The van der Waals surface area contributed by atoms with E-state index < -0.39 is 0 Å². The molecule has 2 atom stereocenters. The van der Waals surface area contributed by atoms with E-state index in [2.05, 4.69) is 0 Å². The van der Waals surface area contributed by atoms with Crippen LogP contribution in [0.25, 0.3) is 0 Å². The zero-order valence-corrected chi connectivity index (χ0v) is 10.1. The van der Waals surface area contributed by atoms with Crippen molar-refractivity contribution in [2.75, 3.05) is 6.54 Å². The summed E-state index contributed by atoms with van der Waals surface area (Å²) in [7, 11) is 0. The van der Waals surface area contributed by atoms with Crippen molar-refractivity contribution < 1.29 is 14.3 Å². The highest BCUT2D eigenvalue weighted by Crippen LogP contribution is 2.40. The van der Waals surface area contributed by atoms with Gasteiger partial charge in [0.25, 0.3) is 11.8 Å². The molecule has 0 saturated carbocycles. The number of nitrogens with zero attached hydrogens (tertiary/aromatic N) is 1. The van der Waals surface area contributed by atoms with Crippen LogP contribution in [0, 0.1) is 5.92 Å². The quantitative estimate of drug-likeness (QED) is 0.532. The number of epoxide rings is 1. The molecule has 16 heavy (non-hydrogen) atoms. The molecule has 0 bridgehead atoms. The van der Waals surface area contributed by atoms with E-state index >= 15 is 0 Å². The van der Waals surface area contributed by atoms with E-state index in [1.807, 2.05) is 20.8 Å². The third-order valence-corrected chi connectivity index (χ3v) is 3.23. The first-order valence-corrected chi connectivity index (χ1v) is 5.55. The molecule has 2 aliphatic heterocycles. The summed E-state index contributed by atoms with van der Waals surface area (Å²) in [6, 6.07) is 0. The Kier molecular flexibility index (Phi) is 2.42. The van der Waals surface area contributed by atoms with Crippen LogP contribution in [0.1, 0.15) is 27.7 Å². The predicted molar refractivity (Wildman–Crippen MR) is 58.6 cm³/mol. The molecule has 1 fully saturated rings. The van der Waals surface area contributed by atoms with Crippen LogP contribution in [-0.4, -0.2) is 35.0 Å². The van der Waals surface area contributed by atoms with Gasteiger partial charge in [-0.25, -0.2) is 0 Å². The monoisotopic (exact) mass is 223 g/mol. The summed E-state index contributed by atoms with van der Waals surface area (Å²) in [5, 5.41) is 0. The first-order valence-electron chi connectivity index (χ1n) is 5.55. The third-order valence-electron chi connectivity index (χ3n) is 3.23. The minimum absolute atomic E-state index is 0.103. The van der Waals surface area contributed by atoms with E-state index in [0.29, 0.717) is 12.1 Å². The summed E-state index contributed by atoms with van der Waals surface area (Å²) in [5.41, 5.74) is 0.418. The van der Waals surface area contributed by atoms with Crippen molar-refractivity contribution in [3.05, 3.63) is 11.6 Å². The molecule has 2 amide bonds. The number of hydrogen-bond donors (Lipinski definition) is 0. The number of amides is 2. The van der Waals surface area contributed by atoms with E-state index in [4.69, 9.17) is 4.74 Å². The van der Waals surface area contributed by atoms with Gasteiger partial charge >= 0.3 is 0 Å². The van der Waals surface area contributed by atoms with Crippen LogP contribution in [0.2, 0.25) is 0 Å².